The molecule has 1 aliphatic rings. The summed E-state index contributed by atoms with van der Waals surface area (Å²) in [5, 5.41) is 8.48. The van der Waals surface area contributed by atoms with Gasteiger partial charge in [-0.15, -0.1) is 0 Å². The Bertz CT molecular complexity index is 1130. The first-order valence-corrected chi connectivity index (χ1v) is 9.98. The maximum Gasteiger partial charge on any atom is 0.133 e. The van der Waals surface area contributed by atoms with E-state index in [-0.39, 0.29) is 0 Å². The summed E-state index contributed by atoms with van der Waals surface area (Å²) < 4.78 is 7.94. The molecular weight excluding hydrogens is 358 g/mol. The number of rotatable bonds is 5. The van der Waals surface area contributed by atoms with Gasteiger partial charge in [-0.2, -0.15) is 5.10 Å². The average Bonchev–Trinajstić information content (AvgIpc) is 3.37. The second-order valence-electron chi connectivity index (χ2n) is 7.35. The van der Waals surface area contributed by atoms with Crippen molar-refractivity contribution in [1.29, 1.82) is 0 Å². The molecule has 2 heterocycles. The van der Waals surface area contributed by atoms with Crippen LogP contribution in [0.2, 0.25) is 0 Å². The van der Waals surface area contributed by atoms with Gasteiger partial charge in [-0.25, -0.2) is 4.68 Å². The largest absolute Gasteiger partial charge is 0.489 e. The van der Waals surface area contributed by atoms with E-state index in [1.807, 2.05) is 35.0 Å². The van der Waals surface area contributed by atoms with Crippen molar-refractivity contribution >= 4 is 5.82 Å². The highest BCUT2D eigenvalue weighted by atomic mass is 16.5. The molecule has 1 aliphatic heterocycles. The van der Waals surface area contributed by atoms with E-state index in [1.165, 1.54) is 16.7 Å². The van der Waals surface area contributed by atoms with Crippen molar-refractivity contribution in [2.24, 2.45) is 0 Å². The van der Waals surface area contributed by atoms with Crippen molar-refractivity contribution in [2.45, 2.75) is 20.0 Å². The maximum atomic E-state index is 5.92. The van der Waals surface area contributed by atoms with E-state index in [2.05, 4.69) is 60.8 Å². The first kappa shape index (κ1) is 17.6. The lowest BCUT2D eigenvalue weighted by Crippen LogP contribution is -2.04. The lowest BCUT2D eigenvalue weighted by atomic mass is 10.0. The van der Waals surface area contributed by atoms with Gasteiger partial charge in [-0.3, -0.25) is 0 Å². The van der Waals surface area contributed by atoms with Crippen LogP contribution in [-0.4, -0.2) is 16.3 Å². The summed E-state index contributed by atoms with van der Waals surface area (Å²) in [7, 11) is 0. The molecule has 0 fully saturated rings. The average molecular weight is 381 g/mol. The molecule has 0 atom stereocenters. The predicted molar refractivity (Wildman–Crippen MR) is 117 cm³/mol. The summed E-state index contributed by atoms with van der Waals surface area (Å²) in [4.78, 5) is 0. The molecule has 3 aromatic carbocycles. The van der Waals surface area contributed by atoms with Gasteiger partial charge in [0.1, 0.15) is 18.2 Å². The van der Waals surface area contributed by atoms with Gasteiger partial charge in [0.25, 0.3) is 0 Å². The van der Waals surface area contributed by atoms with Crippen LogP contribution in [0.1, 0.15) is 16.7 Å². The molecule has 144 valence electrons. The molecule has 4 heteroatoms. The summed E-state index contributed by atoms with van der Waals surface area (Å²) in [5.41, 5.74) is 7.01. The summed E-state index contributed by atoms with van der Waals surface area (Å²) in [6, 6.07) is 26.8. The van der Waals surface area contributed by atoms with E-state index in [0.29, 0.717) is 6.61 Å². The van der Waals surface area contributed by atoms with Crippen LogP contribution >= 0.6 is 0 Å². The lowest BCUT2D eigenvalue weighted by molar-refractivity contribution is 0.306. The Labute approximate surface area is 170 Å². The van der Waals surface area contributed by atoms with Crippen LogP contribution in [-0.2, 0) is 13.0 Å². The van der Waals surface area contributed by atoms with Crippen molar-refractivity contribution < 1.29 is 4.74 Å². The zero-order valence-corrected chi connectivity index (χ0v) is 16.4. The molecule has 0 saturated heterocycles. The molecule has 0 spiro atoms. The number of benzene rings is 3. The van der Waals surface area contributed by atoms with Gasteiger partial charge >= 0.3 is 0 Å². The normalized spacial score (nSPS) is 12.4. The molecule has 5 rings (SSSR count). The Hall–Kier alpha value is -3.53. The second kappa shape index (κ2) is 7.47. The van der Waals surface area contributed by atoms with Crippen LogP contribution in [0, 0.1) is 6.92 Å². The molecule has 1 N–H and O–H groups in total. The molecule has 4 nitrogen and oxygen atoms in total. The topological polar surface area (TPSA) is 39.1 Å². The maximum absolute atomic E-state index is 5.92. The third-order valence-corrected chi connectivity index (χ3v) is 5.38. The third-order valence-electron chi connectivity index (χ3n) is 5.38. The molecule has 29 heavy (non-hydrogen) atoms. The Morgan fingerprint density at radius 2 is 1.69 bits per heavy atom. The minimum atomic E-state index is 0.566. The van der Waals surface area contributed by atoms with Gasteiger partial charge in [0.2, 0.25) is 0 Å². The summed E-state index contributed by atoms with van der Waals surface area (Å²) in [5.74, 6) is 1.95. The fourth-order valence-electron chi connectivity index (χ4n) is 3.84. The van der Waals surface area contributed by atoms with Gasteiger partial charge in [0, 0.05) is 17.7 Å². The van der Waals surface area contributed by atoms with E-state index >= 15 is 0 Å². The molecule has 0 saturated carbocycles. The van der Waals surface area contributed by atoms with Gasteiger partial charge < -0.3 is 10.1 Å². The molecule has 0 unspecified atom stereocenters. The smallest absolute Gasteiger partial charge is 0.133 e. The standard InChI is InChI=1S/C25H23N3O/c1-18-7-5-6-10-22(18)24-23-15-16-26-25(23)28(27-24)20-11-13-21(14-12-20)29-17-19-8-3-2-4-9-19/h2-14,26H,15-17H2,1H3. The van der Waals surface area contributed by atoms with Gasteiger partial charge in [0.05, 0.1) is 11.4 Å². The van der Waals surface area contributed by atoms with E-state index in [0.717, 1.165) is 41.5 Å². The van der Waals surface area contributed by atoms with Crippen LogP contribution in [0.5, 0.6) is 5.75 Å². The van der Waals surface area contributed by atoms with Crippen LogP contribution in [0.25, 0.3) is 16.9 Å². The van der Waals surface area contributed by atoms with Gasteiger partial charge in [-0.1, -0.05) is 54.6 Å². The number of fused-ring (bicyclic) bond motifs is 1. The highest BCUT2D eigenvalue weighted by Crippen LogP contribution is 2.36. The number of nitrogens with one attached hydrogen (secondary N) is 1. The van der Waals surface area contributed by atoms with Crippen LogP contribution < -0.4 is 10.1 Å². The zero-order valence-electron chi connectivity index (χ0n) is 16.4. The number of ether oxygens (including phenoxy) is 1. The molecule has 0 radical (unpaired) electrons. The third kappa shape index (κ3) is 3.38. The molecular formula is C25H23N3O. The fourth-order valence-corrected chi connectivity index (χ4v) is 3.84. The highest BCUT2D eigenvalue weighted by Gasteiger charge is 2.24. The molecule has 4 aromatic rings. The van der Waals surface area contributed by atoms with Crippen molar-refractivity contribution in [1.82, 2.24) is 9.78 Å². The molecule has 1 aromatic heterocycles. The van der Waals surface area contributed by atoms with Gasteiger partial charge in [0.15, 0.2) is 0 Å². The van der Waals surface area contributed by atoms with Crippen LogP contribution in [0.3, 0.4) is 0 Å². The quantitative estimate of drug-likeness (QED) is 0.503. The lowest BCUT2D eigenvalue weighted by Gasteiger charge is -2.09. The minimum Gasteiger partial charge on any atom is -0.489 e. The SMILES string of the molecule is Cc1ccccc1-c1nn(-c2ccc(OCc3ccccc3)cc2)c2c1CCN2. The first-order chi connectivity index (χ1) is 14.3. The van der Waals surface area contributed by atoms with E-state index < -0.39 is 0 Å². The van der Waals surface area contributed by atoms with Crippen LogP contribution in [0.4, 0.5) is 5.82 Å². The Balaban J connectivity index is 1.43. The summed E-state index contributed by atoms with van der Waals surface area (Å²) >= 11 is 0. The molecule has 0 amide bonds. The van der Waals surface area contributed by atoms with Crippen molar-refractivity contribution in [3.05, 3.63) is 95.6 Å². The molecule has 0 aliphatic carbocycles. The number of hydrogen-bond acceptors (Lipinski definition) is 3. The molecule has 0 bridgehead atoms. The number of hydrogen-bond donors (Lipinski definition) is 1. The second-order valence-corrected chi connectivity index (χ2v) is 7.35. The number of aryl methyl sites for hydroxylation is 1. The predicted octanol–water partition coefficient (Wildman–Crippen LogP) is 5.39. The fraction of sp³-hybridized carbons (Fsp3) is 0.160. The Kier molecular flexibility index (Phi) is 4.53. The zero-order chi connectivity index (χ0) is 19.6. The first-order valence-electron chi connectivity index (χ1n) is 9.98. The number of aromatic nitrogens is 2. The van der Waals surface area contributed by atoms with Crippen LogP contribution in [0.15, 0.2) is 78.9 Å². The number of anilines is 1. The Morgan fingerprint density at radius 3 is 2.48 bits per heavy atom. The minimum absolute atomic E-state index is 0.566. The Morgan fingerprint density at radius 1 is 0.931 bits per heavy atom. The van der Waals surface area contributed by atoms with E-state index in [4.69, 9.17) is 9.84 Å². The van der Waals surface area contributed by atoms with Gasteiger partial charge in [-0.05, 0) is 48.7 Å². The van der Waals surface area contributed by atoms with Crippen molar-refractivity contribution in [3.8, 4) is 22.7 Å². The van der Waals surface area contributed by atoms with E-state index in [9.17, 15) is 0 Å². The van der Waals surface area contributed by atoms with E-state index in [1.54, 1.807) is 0 Å². The van der Waals surface area contributed by atoms with Crippen molar-refractivity contribution in [3.63, 3.8) is 0 Å². The summed E-state index contributed by atoms with van der Waals surface area (Å²) in [6.07, 6.45) is 0.997. The van der Waals surface area contributed by atoms with Crippen molar-refractivity contribution in [2.75, 3.05) is 11.9 Å². The monoisotopic (exact) mass is 381 g/mol. The number of nitrogens with zero attached hydrogens (tertiary/aromatic N) is 2. The highest BCUT2D eigenvalue weighted by molar-refractivity contribution is 5.74. The summed E-state index contributed by atoms with van der Waals surface area (Å²) in [6.45, 7) is 3.66.